The van der Waals surface area contributed by atoms with Crippen molar-refractivity contribution in [3.63, 3.8) is 0 Å². The molecule has 7 heteroatoms. The minimum absolute atomic E-state index is 0.105. The van der Waals surface area contributed by atoms with Crippen molar-refractivity contribution in [1.82, 2.24) is 15.5 Å². The zero-order chi connectivity index (χ0) is 17.5. The molecule has 0 bridgehead atoms. The first-order valence-corrected chi connectivity index (χ1v) is 9.27. The van der Waals surface area contributed by atoms with Crippen LogP contribution in [0.3, 0.4) is 0 Å². The van der Waals surface area contributed by atoms with E-state index < -0.39 is 0 Å². The second kappa shape index (κ2) is 6.30. The van der Waals surface area contributed by atoms with Gasteiger partial charge in [0.15, 0.2) is 11.5 Å². The SMILES string of the molecule is O=C1CCC(c2nnc([C@@H]3C[C@H]3c3ccc4c(c3)OCCO4)o2)CCN1. The average molecular weight is 355 g/mol. The van der Waals surface area contributed by atoms with Crippen molar-refractivity contribution in [2.45, 2.75) is 43.4 Å². The average Bonchev–Trinajstić information content (AvgIpc) is 3.38. The fourth-order valence-corrected chi connectivity index (χ4v) is 3.86. The summed E-state index contributed by atoms with van der Waals surface area (Å²) >= 11 is 0. The molecule has 5 rings (SSSR count). The summed E-state index contributed by atoms with van der Waals surface area (Å²) in [4.78, 5) is 11.5. The number of hydrogen-bond acceptors (Lipinski definition) is 6. The summed E-state index contributed by atoms with van der Waals surface area (Å²) in [5.41, 5.74) is 1.23. The molecule has 7 nitrogen and oxygen atoms in total. The van der Waals surface area contributed by atoms with Crippen molar-refractivity contribution in [1.29, 1.82) is 0 Å². The van der Waals surface area contributed by atoms with Gasteiger partial charge in [0.05, 0.1) is 0 Å². The van der Waals surface area contributed by atoms with Gasteiger partial charge in [0, 0.05) is 24.8 Å². The van der Waals surface area contributed by atoms with Gasteiger partial charge >= 0.3 is 0 Å². The first-order valence-electron chi connectivity index (χ1n) is 9.27. The number of nitrogens with one attached hydrogen (secondary N) is 1. The molecule has 26 heavy (non-hydrogen) atoms. The first-order chi connectivity index (χ1) is 12.8. The van der Waals surface area contributed by atoms with Crippen molar-refractivity contribution >= 4 is 5.91 Å². The van der Waals surface area contributed by atoms with E-state index in [4.69, 9.17) is 13.9 Å². The molecule has 3 atom stereocenters. The highest BCUT2D eigenvalue weighted by atomic mass is 16.6. The number of ether oxygens (including phenoxy) is 2. The smallest absolute Gasteiger partial charge is 0.220 e. The molecule has 2 fully saturated rings. The van der Waals surface area contributed by atoms with Gasteiger partial charge in [-0.25, -0.2) is 0 Å². The Kier molecular flexibility index (Phi) is 3.80. The molecular formula is C19H21N3O4. The highest BCUT2D eigenvalue weighted by Crippen LogP contribution is 2.55. The third-order valence-corrected chi connectivity index (χ3v) is 5.44. The highest BCUT2D eigenvalue weighted by molar-refractivity contribution is 5.76. The number of hydrogen-bond donors (Lipinski definition) is 1. The molecule has 1 amide bonds. The Morgan fingerprint density at radius 3 is 2.77 bits per heavy atom. The lowest BCUT2D eigenvalue weighted by atomic mass is 10.0. The fraction of sp³-hybridized carbons (Fsp3) is 0.526. The van der Waals surface area contributed by atoms with Gasteiger partial charge in [0.1, 0.15) is 13.2 Å². The van der Waals surface area contributed by atoms with Crippen LogP contribution in [0, 0.1) is 0 Å². The number of carbonyl (C=O) groups excluding carboxylic acids is 1. The van der Waals surface area contributed by atoms with Gasteiger partial charge in [0.2, 0.25) is 17.7 Å². The molecule has 1 unspecified atom stereocenters. The number of amides is 1. The first kappa shape index (κ1) is 15.7. The van der Waals surface area contributed by atoms with E-state index in [0.29, 0.717) is 43.9 Å². The number of aromatic nitrogens is 2. The van der Waals surface area contributed by atoms with Gasteiger partial charge in [-0.15, -0.1) is 10.2 Å². The van der Waals surface area contributed by atoms with Gasteiger partial charge in [-0.3, -0.25) is 4.79 Å². The Balaban J connectivity index is 1.29. The van der Waals surface area contributed by atoms with E-state index in [0.717, 1.165) is 30.8 Å². The van der Waals surface area contributed by atoms with Gasteiger partial charge in [0.25, 0.3) is 0 Å². The Morgan fingerprint density at radius 2 is 1.85 bits per heavy atom. The quantitative estimate of drug-likeness (QED) is 0.910. The van der Waals surface area contributed by atoms with Crippen molar-refractivity contribution in [3.8, 4) is 11.5 Å². The molecule has 1 aromatic carbocycles. The minimum atomic E-state index is 0.105. The van der Waals surface area contributed by atoms with Crippen LogP contribution in [0.4, 0.5) is 0 Å². The molecule has 136 valence electrons. The van der Waals surface area contributed by atoms with Crippen LogP contribution in [0.2, 0.25) is 0 Å². The van der Waals surface area contributed by atoms with Crippen molar-refractivity contribution in [3.05, 3.63) is 35.5 Å². The van der Waals surface area contributed by atoms with E-state index in [2.05, 4.69) is 27.6 Å². The second-order valence-electron chi connectivity index (χ2n) is 7.20. The van der Waals surface area contributed by atoms with Crippen molar-refractivity contribution in [2.75, 3.05) is 19.8 Å². The molecule has 1 saturated heterocycles. The van der Waals surface area contributed by atoms with E-state index in [9.17, 15) is 4.79 Å². The summed E-state index contributed by atoms with van der Waals surface area (Å²) in [7, 11) is 0. The summed E-state index contributed by atoms with van der Waals surface area (Å²) in [6, 6.07) is 6.14. The number of rotatable bonds is 3. The molecule has 3 aliphatic rings. The third kappa shape index (κ3) is 2.91. The molecule has 0 radical (unpaired) electrons. The van der Waals surface area contributed by atoms with E-state index in [1.807, 2.05) is 6.07 Å². The number of benzene rings is 1. The zero-order valence-electron chi connectivity index (χ0n) is 14.4. The number of fused-ring (bicyclic) bond motifs is 1. The predicted octanol–water partition coefficient (Wildman–Crippen LogP) is 2.50. The topological polar surface area (TPSA) is 86.5 Å². The van der Waals surface area contributed by atoms with E-state index in [1.54, 1.807) is 0 Å². The molecule has 1 N–H and O–H groups in total. The Bertz CT molecular complexity index is 834. The van der Waals surface area contributed by atoms with Crippen LogP contribution in [-0.4, -0.2) is 35.9 Å². The van der Waals surface area contributed by atoms with Crippen molar-refractivity contribution in [2.24, 2.45) is 0 Å². The number of carbonyl (C=O) groups is 1. The summed E-state index contributed by atoms with van der Waals surface area (Å²) in [6.07, 6.45) is 3.14. The second-order valence-corrected chi connectivity index (χ2v) is 7.20. The van der Waals surface area contributed by atoms with Gasteiger partial charge in [-0.05, 0) is 42.9 Å². The maximum absolute atomic E-state index is 11.5. The summed E-state index contributed by atoms with van der Waals surface area (Å²) in [6.45, 7) is 1.87. The standard InChI is InChI=1S/C19H21N3O4/c23-17-4-2-11(5-6-20-17)18-21-22-19(26-18)14-10-13(14)12-1-3-15-16(9-12)25-8-7-24-15/h1,3,9,11,13-14H,2,4-8,10H2,(H,20,23)/t11?,13-,14+/m0/s1. The molecule has 1 aromatic heterocycles. The molecule has 2 aromatic rings. The normalized spacial score (nSPS) is 27.5. The molecule has 2 aliphatic heterocycles. The summed E-state index contributed by atoms with van der Waals surface area (Å²) in [5.74, 6) is 3.94. The summed E-state index contributed by atoms with van der Waals surface area (Å²) in [5, 5.41) is 11.4. The lowest BCUT2D eigenvalue weighted by Crippen LogP contribution is -2.21. The highest BCUT2D eigenvalue weighted by Gasteiger charge is 2.44. The van der Waals surface area contributed by atoms with Crippen molar-refractivity contribution < 1.29 is 18.7 Å². The molecule has 1 saturated carbocycles. The van der Waals surface area contributed by atoms with Crippen LogP contribution in [0.15, 0.2) is 22.6 Å². The van der Waals surface area contributed by atoms with Crippen LogP contribution in [0.1, 0.15) is 60.8 Å². The van der Waals surface area contributed by atoms with E-state index in [1.165, 1.54) is 5.56 Å². The van der Waals surface area contributed by atoms with Crippen LogP contribution in [-0.2, 0) is 4.79 Å². The van der Waals surface area contributed by atoms with Gasteiger partial charge in [-0.2, -0.15) is 0 Å². The Morgan fingerprint density at radius 1 is 1.00 bits per heavy atom. The maximum atomic E-state index is 11.5. The summed E-state index contributed by atoms with van der Waals surface area (Å²) < 4.78 is 17.2. The molecule has 1 aliphatic carbocycles. The molecule has 3 heterocycles. The van der Waals surface area contributed by atoms with Gasteiger partial charge < -0.3 is 19.2 Å². The fourth-order valence-electron chi connectivity index (χ4n) is 3.86. The Labute approximate surface area is 151 Å². The number of nitrogens with zero attached hydrogens (tertiary/aromatic N) is 2. The van der Waals surface area contributed by atoms with Gasteiger partial charge in [-0.1, -0.05) is 6.07 Å². The lowest BCUT2D eigenvalue weighted by molar-refractivity contribution is -0.120. The van der Waals surface area contributed by atoms with E-state index >= 15 is 0 Å². The Hall–Kier alpha value is -2.57. The minimum Gasteiger partial charge on any atom is -0.486 e. The molecular weight excluding hydrogens is 334 g/mol. The maximum Gasteiger partial charge on any atom is 0.220 e. The van der Waals surface area contributed by atoms with Crippen LogP contribution < -0.4 is 14.8 Å². The third-order valence-electron chi connectivity index (χ3n) is 5.44. The zero-order valence-corrected chi connectivity index (χ0v) is 14.4. The van der Waals surface area contributed by atoms with E-state index in [-0.39, 0.29) is 17.7 Å². The van der Waals surface area contributed by atoms with Crippen LogP contribution in [0.25, 0.3) is 0 Å². The lowest BCUT2D eigenvalue weighted by Gasteiger charge is -2.18. The largest absolute Gasteiger partial charge is 0.486 e. The van der Waals surface area contributed by atoms with Crippen LogP contribution >= 0.6 is 0 Å². The molecule has 0 spiro atoms. The predicted molar refractivity (Wildman–Crippen MR) is 91.4 cm³/mol. The monoisotopic (exact) mass is 355 g/mol. The van der Waals surface area contributed by atoms with Crippen LogP contribution in [0.5, 0.6) is 11.5 Å².